The van der Waals surface area contributed by atoms with Crippen molar-refractivity contribution in [2.24, 2.45) is 17.8 Å². The predicted octanol–water partition coefficient (Wildman–Crippen LogP) is 5.46. The van der Waals surface area contributed by atoms with E-state index in [9.17, 15) is 53.1 Å². The van der Waals surface area contributed by atoms with Crippen LogP contribution in [0.5, 0.6) is 0 Å². The van der Waals surface area contributed by atoms with Gasteiger partial charge in [-0.1, -0.05) is 13.8 Å². The second-order valence-corrected chi connectivity index (χ2v) is 8.21. The quantitative estimate of drug-likeness (QED) is 0.404. The van der Waals surface area contributed by atoms with Crippen LogP contribution in [0.1, 0.15) is 40.0 Å². The molecule has 0 aromatic rings. The van der Waals surface area contributed by atoms with Crippen LogP contribution >= 0.6 is 0 Å². The second kappa shape index (κ2) is 8.22. The molecule has 1 rings (SSSR count). The fraction of sp³-hybridized carbons (Fsp3) is 0.941. The van der Waals surface area contributed by atoms with Gasteiger partial charge in [0.2, 0.25) is 5.67 Å². The molecule has 0 heterocycles. The van der Waals surface area contributed by atoms with E-state index < -0.39 is 85.1 Å². The van der Waals surface area contributed by atoms with Gasteiger partial charge in [0, 0.05) is 13.3 Å². The molecule has 14 heteroatoms. The highest BCUT2D eigenvalue weighted by Gasteiger charge is 2.74. The Hall–Kier alpha value is -1.34. The van der Waals surface area contributed by atoms with Crippen molar-refractivity contribution in [3.05, 3.63) is 0 Å². The van der Waals surface area contributed by atoms with Gasteiger partial charge in [0.15, 0.2) is 0 Å². The maximum Gasteiger partial charge on any atom is 0.426 e. The molecule has 4 atom stereocenters. The average molecular weight is 482 g/mol. The lowest BCUT2D eigenvalue weighted by Gasteiger charge is -2.46. The first-order chi connectivity index (χ1) is 13.5. The number of aliphatic hydroxyl groups is 1. The molecule has 31 heavy (non-hydrogen) atoms. The minimum Gasteiger partial charge on any atom is -0.465 e. The first kappa shape index (κ1) is 27.7. The Morgan fingerprint density at radius 3 is 1.90 bits per heavy atom. The molecule has 0 amide bonds. The minimum absolute atomic E-state index is 0.0987. The van der Waals surface area contributed by atoms with E-state index in [1.165, 1.54) is 0 Å². The van der Waals surface area contributed by atoms with Gasteiger partial charge in [-0.25, -0.2) is 22.0 Å². The lowest BCUT2D eigenvalue weighted by atomic mass is 9.68. The molecule has 0 aromatic carbocycles. The lowest BCUT2D eigenvalue weighted by Crippen LogP contribution is -2.64. The number of esters is 1. The van der Waals surface area contributed by atoms with Gasteiger partial charge < -0.3 is 9.84 Å². The van der Waals surface area contributed by atoms with Crippen LogP contribution in [0.4, 0.5) is 48.3 Å². The molecule has 1 aliphatic rings. The van der Waals surface area contributed by atoms with E-state index in [1.807, 2.05) is 0 Å². The Morgan fingerprint density at radius 2 is 1.52 bits per heavy atom. The summed E-state index contributed by atoms with van der Waals surface area (Å²) in [7, 11) is 0. The number of hydrogen-bond donors (Lipinski definition) is 1. The Bertz CT molecular complexity index is 639. The standard InChI is InChI=1S/C17H21F11O3/c1-8-4-10(15(21,22)13(20,5-8)12(3,18)19)11(29)31-7-9(2)6-14(30,16(23,24)25)17(26,27)28/h8-10,30H,4-7H2,1-3H3. The summed E-state index contributed by atoms with van der Waals surface area (Å²) in [6, 6.07) is 0. The van der Waals surface area contributed by atoms with Gasteiger partial charge in [0.1, 0.15) is 5.92 Å². The Balaban J connectivity index is 2.99. The summed E-state index contributed by atoms with van der Waals surface area (Å²) in [4.78, 5) is 12.0. The van der Waals surface area contributed by atoms with E-state index in [1.54, 1.807) is 0 Å². The predicted molar refractivity (Wildman–Crippen MR) is 83.1 cm³/mol. The first-order valence-electron chi connectivity index (χ1n) is 8.98. The molecular formula is C17H21F11O3. The zero-order chi connectivity index (χ0) is 24.8. The van der Waals surface area contributed by atoms with Crippen LogP contribution < -0.4 is 0 Å². The number of hydrogen-bond acceptors (Lipinski definition) is 3. The van der Waals surface area contributed by atoms with E-state index >= 15 is 0 Å². The first-order valence-corrected chi connectivity index (χ1v) is 8.98. The van der Waals surface area contributed by atoms with Crippen molar-refractivity contribution in [3.63, 3.8) is 0 Å². The summed E-state index contributed by atoms with van der Waals surface area (Å²) >= 11 is 0. The van der Waals surface area contributed by atoms with E-state index in [4.69, 9.17) is 5.11 Å². The molecule has 0 saturated heterocycles. The van der Waals surface area contributed by atoms with Crippen molar-refractivity contribution >= 4 is 5.97 Å². The Kier molecular flexibility index (Phi) is 7.34. The smallest absolute Gasteiger partial charge is 0.426 e. The molecule has 1 saturated carbocycles. The summed E-state index contributed by atoms with van der Waals surface area (Å²) in [6.07, 6.45) is -16.4. The molecule has 4 unspecified atom stereocenters. The number of rotatable bonds is 6. The van der Waals surface area contributed by atoms with Crippen molar-refractivity contribution in [2.75, 3.05) is 6.61 Å². The molecule has 3 nitrogen and oxygen atoms in total. The third-order valence-corrected chi connectivity index (χ3v) is 5.31. The number of halogens is 11. The molecular weight excluding hydrogens is 461 g/mol. The van der Waals surface area contributed by atoms with E-state index in [0.29, 0.717) is 6.92 Å². The molecule has 0 radical (unpaired) electrons. The van der Waals surface area contributed by atoms with E-state index in [-0.39, 0.29) is 6.92 Å². The maximum atomic E-state index is 14.6. The van der Waals surface area contributed by atoms with Crippen LogP contribution in [-0.2, 0) is 9.53 Å². The van der Waals surface area contributed by atoms with Gasteiger partial charge in [-0.15, -0.1) is 0 Å². The van der Waals surface area contributed by atoms with Gasteiger partial charge in [-0.3, -0.25) is 4.79 Å². The third-order valence-electron chi connectivity index (χ3n) is 5.31. The fourth-order valence-electron chi connectivity index (χ4n) is 3.52. The Morgan fingerprint density at radius 1 is 1.06 bits per heavy atom. The van der Waals surface area contributed by atoms with Crippen molar-refractivity contribution in [3.8, 4) is 0 Å². The van der Waals surface area contributed by atoms with Gasteiger partial charge in [0.25, 0.3) is 11.5 Å². The summed E-state index contributed by atoms with van der Waals surface area (Å²) in [6.45, 7) is 0.441. The lowest BCUT2D eigenvalue weighted by molar-refractivity contribution is -0.372. The van der Waals surface area contributed by atoms with Gasteiger partial charge in [-0.2, -0.15) is 26.3 Å². The number of carbonyl (C=O) groups is 1. The third kappa shape index (κ3) is 5.03. The minimum atomic E-state index is -6.14. The molecule has 0 spiro atoms. The molecule has 0 aromatic heterocycles. The topological polar surface area (TPSA) is 46.5 Å². The van der Waals surface area contributed by atoms with Crippen LogP contribution in [-0.4, -0.2) is 53.2 Å². The summed E-state index contributed by atoms with van der Waals surface area (Å²) in [5.41, 5.74) is -9.58. The Labute approximate surface area is 169 Å². The highest BCUT2D eigenvalue weighted by Crippen LogP contribution is 2.56. The van der Waals surface area contributed by atoms with E-state index in [2.05, 4.69) is 4.74 Å². The molecule has 0 aliphatic heterocycles. The zero-order valence-electron chi connectivity index (χ0n) is 16.5. The summed E-state index contributed by atoms with van der Waals surface area (Å²) < 4.78 is 151. The maximum absolute atomic E-state index is 14.6. The van der Waals surface area contributed by atoms with Crippen LogP contribution in [0.25, 0.3) is 0 Å². The molecule has 1 aliphatic carbocycles. The monoisotopic (exact) mass is 482 g/mol. The largest absolute Gasteiger partial charge is 0.465 e. The highest BCUT2D eigenvalue weighted by atomic mass is 19.4. The van der Waals surface area contributed by atoms with Crippen LogP contribution in [0.15, 0.2) is 0 Å². The fourth-order valence-corrected chi connectivity index (χ4v) is 3.52. The molecule has 1 N–H and O–H groups in total. The van der Waals surface area contributed by atoms with Gasteiger partial charge in [0.05, 0.1) is 6.61 Å². The normalized spacial score (nSPS) is 28.9. The molecule has 0 bridgehead atoms. The SMILES string of the molecule is CC(COC(=O)C1CC(C)CC(F)(C(C)(F)F)C1(F)F)CC(O)(C(F)(F)F)C(F)(F)F. The van der Waals surface area contributed by atoms with Gasteiger partial charge >= 0.3 is 24.2 Å². The highest BCUT2D eigenvalue weighted by molar-refractivity contribution is 5.74. The summed E-state index contributed by atoms with van der Waals surface area (Å²) in [5, 5.41) is 9.10. The van der Waals surface area contributed by atoms with Crippen molar-refractivity contribution < 1.29 is 62.9 Å². The van der Waals surface area contributed by atoms with Gasteiger partial charge in [-0.05, 0) is 24.7 Å². The van der Waals surface area contributed by atoms with Crippen molar-refractivity contribution in [1.29, 1.82) is 0 Å². The zero-order valence-corrected chi connectivity index (χ0v) is 16.5. The number of alkyl halides is 11. The van der Waals surface area contributed by atoms with Crippen molar-refractivity contribution in [1.82, 2.24) is 0 Å². The van der Waals surface area contributed by atoms with Crippen molar-refractivity contribution in [2.45, 2.75) is 75.5 Å². The number of carbonyl (C=O) groups excluding carboxylic acids is 1. The average Bonchev–Trinajstić information content (AvgIpc) is 2.53. The van der Waals surface area contributed by atoms with Crippen LogP contribution in [0.3, 0.4) is 0 Å². The summed E-state index contributed by atoms with van der Waals surface area (Å²) in [5.74, 6) is -17.1. The number of ether oxygens (including phenoxy) is 1. The van der Waals surface area contributed by atoms with E-state index in [0.717, 1.165) is 6.92 Å². The molecule has 1 fully saturated rings. The van der Waals surface area contributed by atoms with Crippen LogP contribution in [0.2, 0.25) is 0 Å². The second-order valence-electron chi connectivity index (χ2n) is 8.21. The molecule has 184 valence electrons. The van der Waals surface area contributed by atoms with Crippen LogP contribution in [0, 0.1) is 17.8 Å².